The monoisotopic (exact) mass is 443 g/mol. The summed E-state index contributed by atoms with van der Waals surface area (Å²) in [5.41, 5.74) is 1.90. The van der Waals surface area contributed by atoms with Crippen molar-refractivity contribution >= 4 is 11.7 Å². The number of benzene rings is 2. The molecule has 162 valence electrons. The van der Waals surface area contributed by atoms with E-state index in [1.54, 1.807) is 25.4 Å². The highest BCUT2D eigenvalue weighted by atomic mass is 19.3. The van der Waals surface area contributed by atoms with E-state index >= 15 is 0 Å². The van der Waals surface area contributed by atoms with Gasteiger partial charge in [-0.25, -0.2) is 8.78 Å². The van der Waals surface area contributed by atoms with Crippen molar-refractivity contribution in [3.63, 3.8) is 0 Å². The van der Waals surface area contributed by atoms with E-state index in [0.29, 0.717) is 22.3 Å². The quantitative estimate of drug-likeness (QED) is 0.434. The van der Waals surface area contributed by atoms with Gasteiger partial charge in [0.1, 0.15) is 11.6 Å². The smallest absolute Gasteiger partial charge is 0.314 e. The molecule has 0 fully saturated rings. The molecule has 0 unspecified atom stereocenters. The van der Waals surface area contributed by atoms with Crippen LogP contribution in [0, 0.1) is 11.6 Å². The summed E-state index contributed by atoms with van der Waals surface area (Å²) in [5, 5.41) is 11.2. The molecule has 0 saturated heterocycles. The fourth-order valence-corrected chi connectivity index (χ4v) is 3.63. The largest absolute Gasteiger partial charge is 0.415 e. The lowest BCUT2D eigenvalue weighted by atomic mass is 10.1. The lowest BCUT2D eigenvalue weighted by molar-refractivity contribution is 0.0995. The van der Waals surface area contributed by atoms with E-state index in [4.69, 9.17) is 4.42 Å². The van der Waals surface area contributed by atoms with Crippen molar-refractivity contribution in [2.75, 3.05) is 4.90 Å². The first-order chi connectivity index (χ1) is 15.3. The zero-order valence-corrected chi connectivity index (χ0v) is 16.4. The first kappa shape index (κ1) is 19.9. The molecule has 3 heterocycles. The van der Waals surface area contributed by atoms with Crippen LogP contribution in [0.4, 0.5) is 23.4 Å². The van der Waals surface area contributed by atoms with E-state index in [-0.39, 0.29) is 23.8 Å². The third-order valence-electron chi connectivity index (χ3n) is 5.03. The Morgan fingerprint density at radius 1 is 1.00 bits per heavy atom. The van der Waals surface area contributed by atoms with E-state index in [9.17, 15) is 22.4 Å². The number of anilines is 1. The number of amides is 1. The van der Waals surface area contributed by atoms with Crippen LogP contribution in [0.25, 0.3) is 22.6 Å². The molecule has 0 radical (unpaired) electrons. The number of nitrogens with zero attached hydrogens (tertiary/aromatic N) is 5. The topological polar surface area (TPSA) is 77.0 Å². The average molecular weight is 443 g/mol. The molecule has 2 aromatic heterocycles. The first-order valence-corrected chi connectivity index (χ1v) is 9.37. The minimum Gasteiger partial charge on any atom is -0.415 e. The summed E-state index contributed by atoms with van der Waals surface area (Å²) in [6, 6.07) is 7.79. The highest BCUT2D eigenvalue weighted by Crippen LogP contribution is 2.36. The Morgan fingerprint density at radius 3 is 2.44 bits per heavy atom. The molecule has 1 amide bonds. The van der Waals surface area contributed by atoms with Crippen LogP contribution >= 0.6 is 0 Å². The summed E-state index contributed by atoms with van der Waals surface area (Å²) in [6.07, 6.45) is -1.34. The Morgan fingerprint density at radius 2 is 1.75 bits per heavy atom. The van der Waals surface area contributed by atoms with Gasteiger partial charge in [-0.05, 0) is 35.4 Å². The molecule has 11 heteroatoms. The van der Waals surface area contributed by atoms with Crippen molar-refractivity contribution in [2.24, 2.45) is 7.05 Å². The van der Waals surface area contributed by atoms with Gasteiger partial charge in [0, 0.05) is 36.0 Å². The standard InChI is InChI=1S/C21H13F4N5O2/c1-29-9-16(12-4-13(22)7-14(23)5-12)18(28-29)30-8-11-3-2-10(6-15(11)21(30)31)19-26-27-20(32-19)17(24)25/h2-7,9,17H,8H2,1H3. The number of aromatic nitrogens is 4. The lowest BCUT2D eigenvalue weighted by Crippen LogP contribution is -2.24. The third kappa shape index (κ3) is 3.31. The van der Waals surface area contributed by atoms with Crippen LogP contribution in [0.3, 0.4) is 0 Å². The van der Waals surface area contributed by atoms with Gasteiger partial charge in [0.25, 0.3) is 11.8 Å². The summed E-state index contributed by atoms with van der Waals surface area (Å²) in [7, 11) is 1.63. The number of rotatable bonds is 4. The van der Waals surface area contributed by atoms with Gasteiger partial charge in [-0.3, -0.25) is 14.4 Å². The first-order valence-electron chi connectivity index (χ1n) is 9.37. The fraction of sp³-hybridized carbons (Fsp3) is 0.143. The summed E-state index contributed by atoms with van der Waals surface area (Å²) < 4.78 is 59.4. The van der Waals surface area contributed by atoms with E-state index in [1.807, 2.05) is 0 Å². The number of halogens is 4. The zero-order chi connectivity index (χ0) is 22.6. The number of aryl methyl sites for hydroxylation is 1. The average Bonchev–Trinajstić information content (AvgIpc) is 3.44. The molecule has 0 aliphatic carbocycles. The van der Waals surface area contributed by atoms with Crippen molar-refractivity contribution in [3.05, 3.63) is 71.2 Å². The van der Waals surface area contributed by atoms with Crippen LogP contribution in [-0.4, -0.2) is 25.9 Å². The lowest BCUT2D eigenvalue weighted by Gasteiger charge is -2.14. The van der Waals surface area contributed by atoms with Crippen molar-refractivity contribution in [3.8, 4) is 22.6 Å². The minimum atomic E-state index is -2.90. The summed E-state index contributed by atoms with van der Waals surface area (Å²) in [4.78, 5) is 14.5. The maximum atomic E-state index is 13.8. The SMILES string of the molecule is Cn1cc(-c2cc(F)cc(F)c2)c(N2Cc3ccc(-c4nnc(C(F)F)o4)cc3C2=O)n1. The van der Waals surface area contributed by atoms with Crippen LogP contribution in [0.2, 0.25) is 0 Å². The predicted octanol–water partition coefficient (Wildman–Crippen LogP) is 4.51. The molecule has 0 N–H and O–H groups in total. The Kier molecular flexibility index (Phi) is 4.54. The Bertz CT molecular complexity index is 1340. The van der Waals surface area contributed by atoms with Crippen molar-refractivity contribution < 1.29 is 26.8 Å². The number of fused-ring (bicyclic) bond motifs is 1. The molecule has 32 heavy (non-hydrogen) atoms. The predicted molar refractivity (Wildman–Crippen MR) is 104 cm³/mol. The zero-order valence-electron chi connectivity index (χ0n) is 16.4. The minimum absolute atomic E-state index is 0.136. The molecule has 0 bridgehead atoms. The van der Waals surface area contributed by atoms with Gasteiger partial charge >= 0.3 is 6.43 Å². The van der Waals surface area contributed by atoms with Gasteiger partial charge in [0.05, 0.1) is 6.54 Å². The number of carbonyl (C=O) groups excluding carboxylic acids is 1. The van der Waals surface area contributed by atoms with Gasteiger partial charge in [0.15, 0.2) is 5.82 Å². The molecule has 0 spiro atoms. The molecule has 0 atom stereocenters. The Labute approximate surface area is 177 Å². The summed E-state index contributed by atoms with van der Waals surface area (Å²) >= 11 is 0. The van der Waals surface area contributed by atoms with Gasteiger partial charge < -0.3 is 4.42 Å². The molecular formula is C21H13F4N5O2. The van der Waals surface area contributed by atoms with Crippen molar-refractivity contribution in [1.82, 2.24) is 20.0 Å². The van der Waals surface area contributed by atoms with Gasteiger partial charge in [0.2, 0.25) is 5.89 Å². The molecule has 2 aromatic carbocycles. The molecule has 0 saturated carbocycles. The number of hydrogen-bond acceptors (Lipinski definition) is 5. The van der Waals surface area contributed by atoms with Crippen LogP contribution in [0.15, 0.2) is 47.0 Å². The second-order valence-electron chi connectivity index (χ2n) is 7.21. The maximum Gasteiger partial charge on any atom is 0.314 e. The van der Waals surface area contributed by atoms with Crippen LogP contribution in [-0.2, 0) is 13.6 Å². The van der Waals surface area contributed by atoms with E-state index in [1.165, 1.54) is 15.6 Å². The second-order valence-corrected chi connectivity index (χ2v) is 7.21. The van der Waals surface area contributed by atoms with Crippen LogP contribution < -0.4 is 4.90 Å². The van der Waals surface area contributed by atoms with Crippen molar-refractivity contribution in [2.45, 2.75) is 13.0 Å². The molecule has 1 aliphatic rings. The summed E-state index contributed by atoms with van der Waals surface area (Å²) in [5.74, 6) is -2.63. The molecule has 1 aliphatic heterocycles. The summed E-state index contributed by atoms with van der Waals surface area (Å²) in [6.45, 7) is 0.169. The number of carbonyl (C=O) groups is 1. The second kappa shape index (κ2) is 7.29. The van der Waals surface area contributed by atoms with Crippen molar-refractivity contribution in [1.29, 1.82) is 0 Å². The molecule has 5 rings (SSSR count). The fourth-order valence-electron chi connectivity index (χ4n) is 3.63. The van der Waals surface area contributed by atoms with Gasteiger partial charge in [-0.1, -0.05) is 6.07 Å². The maximum absolute atomic E-state index is 13.8. The van der Waals surface area contributed by atoms with Crippen LogP contribution in [0.5, 0.6) is 0 Å². The number of hydrogen-bond donors (Lipinski definition) is 0. The highest BCUT2D eigenvalue weighted by Gasteiger charge is 2.33. The molecule has 4 aromatic rings. The number of alkyl halides is 2. The molecule has 7 nitrogen and oxygen atoms in total. The van der Waals surface area contributed by atoms with Gasteiger partial charge in [-0.15, -0.1) is 10.2 Å². The Balaban J connectivity index is 1.52. The van der Waals surface area contributed by atoms with Crippen LogP contribution in [0.1, 0.15) is 28.2 Å². The third-order valence-corrected chi connectivity index (χ3v) is 5.03. The molecular weight excluding hydrogens is 430 g/mol. The highest BCUT2D eigenvalue weighted by molar-refractivity contribution is 6.11. The van der Waals surface area contributed by atoms with E-state index in [2.05, 4.69) is 15.3 Å². The van der Waals surface area contributed by atoms with Gasteiger partial charge in [-0.2, -0.15) is 13.9 Å². The normalized spacial score (nSPS) is 13.3. The van der Waals surface area contributed by atoms with E-state index in [0.717, 1.165) is 18.2 Å². The van der Waals surface area contributed by atoms with E-state index < -0.39 is 29.9 Å². The Hall–Kier alpha value is -4.02.